The van der Waals surface area contributed by atoms with Gasteiger partial charge in [0, 0.05) is 43.9 Å². The van der Waals surface area contributed by atoms with Crippen molar-refractivity contribution < 1.29 is 4.79 Å². The van der Waals surface area contributed by atoms with E-state index >= 15 is 0 Å². The molecular weight excluding hydrogens is 276 g/mol. The Balaban J connectivity index is 1.59. The summed E-state index contributed by atoms with van der Waals surface area (Å²) in [6, 6.07) is 8.25. The van der Waals surface area contributed by atoms with Crippen LogP contribution in [0, 0.1) is 0 Å². The maximum atomic E-state index is 12.4. The molecule has 2 aromatic heterocycles. The number of aromatic nitrogens is 2. The Hall–Kier alpha value is -2.43. The highest BCUT2D eigenvalue weighted by atomic mass is 16.2. The molecule has 1 fully saturated rings. The molecule has 1 amide bonds. The maximum absolute atomic E-state index is 12.4. The molecule has 1 aliphatic rings. The molecule has 0 radical (unpaired) electrons. The first kappa shape index (κ1) is 14.5. The smallest absolute Gasteiger partial charge is 0.272 e. The lowest BCUT2D eigenvalue weighted by molar-refractivity contribution is 0.0791. The van der Waals surface area contributed by atoms with Crippen molar-refractivity contribution in [1.29, 1.82) is 0 Å². The first-order valence-corrected chi connectivity index (χ1v) is 7.59. The molecule has 1 N–H and O–H groups in total. The van der Waals surface area contributed by atoms with Gasteiger partial charge in [-0.15, -0.1) is 0 Å². The van der Waals surface area contributed by atoms with Gasteiger partial charge < -0.3 is 10.2 Å². The molecule has 3 rings (SSSR count). The van der Waals surface area contributed by atoms with E-state index in [4.69, 9.17) is 0 Å². The fourth-order valence-corrected chi connectivity index (χ4v) is 2.24. The van der Waals surface area contributed by atoms with E-state index in [0.29, 0.717) is 18.3 Å². The highest BCUT2D eigenvalue weighted by Gasteiger charge is 2.21. The molecule has 2 aromatic rings. The topological polar surface area (TPSA) is 58.1 Å². The molecule has 5 heteroatoms. The van der Waals surface area contributed by atoms with Gasteiger partial charge in [0.1, 0.15) is 5.69 Å². The summed E-state index contributed by atoms with van der Waals surface area (Å²) in [5.41, 5.74) is 2.64. The number of carbonyl (C=O) groups excluding carboxylic acids is 1. The molecule has 114 valence electrons. The average Bonchev–Trinajstić information content (AvgIpc) is 3.37. The number of hydrogen-bond donors (Lipinski definition) is 1. The average molecular weight is 296 g/mol. The van der Waals surface area contributed by atoms with Crippen LogP contribution in [0.25, 0.3) is 0 Å². The van der Waals surface area contributed by atoms with E-state index in [-0.39, 0.29) is 5.91 Å². The molecule has 0 unspecified atom stereocenters. The second-order valence-electron chi connectivity index (χ2n) is 5.68. The minimum atomic E-state index is -0.0477. The SMILES string of the molecule is CN(CCc1ccncc1)C(=O)c1cc(NC2CC2)ccn1. The van der Waals surface area contributed by atoms with Crippen LogP contribution in [-0.2, 0) is 6.42 Å². The van der Waals surface area contributed by atoms with Crippen LogP contribution in [0.5, 0.6) is 0 Å². The number of likely N-dealkylation sites (N-methyl/N-ethyl adjacent to an activating group) is 1. The molecule has 1 aliphatic carbocycles. The van der Waals surface area contributed by atoms with Gasteiger partial charge in [-0.2, -0.15) is 0 Å². The van der Waals surface area contributed by atoms with Crippen LogP contribution < -0.4 is 5.32 Å². The molecule has 1 saturated carbocycles. The van der Waals surface area contributed by atoms with Crippen molar-refractivity contribution in [2.75, 3.05) is 18.9 Å². The first-order valence-electron chi connectivity index (χ1n) is 7.59. The molecule has 0 bridgehead atoms. The Labute approximate surface area is 130 Å². The zero-order valence-electron chi connectivity index (χ0n) is 12.7. The van der Waals surface area contributed by atoms with Crippen LogP contribution in [0.15, 0.2) is 42.9 Å². The van der Waals surface area contributed by atoms with E-state index in [1.807, 2.05) is 31.3 Å². The van der Waals surface area contributed by atoms with Gasteiger partial charge >= 0.3 is 0 Å². The predicted molar refractivity (Wildman–Crippen MR) is 85.8 cm³/mol. The van der Waals surface area contributed by atoms with Crippen molar-refractivity contribution in [2.45, 2.75) is 25.3 Å². The van der Waals surface area contributed by atoms with E-state index in [1.54, 1.807) is 23.5 Å². The zero-order chi connectivity index (χ0) is 15.4. The van der Waals surface area contributed by atoms with Crippen molar-refractivity contribution in [3.05, 3.63) is 54.1 Å². The normalized spacial score (nSPS) is 13.7. The van der Waals surface area contributed by atoms with Gasteiger partial charge in [0.05, 0.1) is 0 Å². The summed E-state index contributed by atoms with van der Waals surface area (Å²) in [5.74, 6) is -0.0477. The standard InChI is InChI=1S/C17H20N4O/c1-21(11-7-13-4-8-18-9-5-13)17(22)16-12-15(6-10-19-16)20-14-2-3-14/h4-6,8-10,12,14H,2-3,7,11H2,1H3,(H,19,20). The minimum absolute atomic E-state index is 0.0477. The summed E-state index contributed by atoms with van der Waals surface area (Å²) in [6.07, 6.45) is 8.45. The Morgan fingerprint density at radius 1 is 1.27 bits per heavy atom. The molecule has 0 atom stereocenters. The first-order chi connectivity index (χ1) is 10.7. The number of nitrogens with one attached hydrogen (secondary N) is 1. The molecule has 0 spiro atoms. The third-order valence-electron chi connectivity index (χ3n) is 3.76. The van der Waals surface area contributed by atoms with Crippen molar-refractivity contribution in [2.24, 2.45) is 0 Å². The lowest BCUT2D eigenvalue weighted by atomic mass is 10.2. The lowest BCUT2D eigenvalue weighted by Gasteiger charge is -2.17. The third-order valence-corrected chi connectivity index (χ3v) is 3.76. The summed E-state index contributed by atoms with van der Waals surface area (Å²) in [7, 11) is 1.81. The van der Waals surface area contributed by atoms with Crippen LogP contribution in [0.2, 0.25) is 0 Å². The van der Waals surface area contributed by atoms with E-state index in [9.17, 15) is 4.79 Å². The number of pyridine rings is 2. The predicted octanol–water partition coefficient (Wildman–Crippen LogP) is 2.37. The second-order valence-corrected chi connectivity index (χ2v) is 5.68. The van der Waals surface area contributed by atoms with Crippen molar-refractivity contribution in [1.82, 2.24) is 14.9 Å². The van der Waals surface area contributed by atoms with Gasteiger partial charge in [0.2, 0.25) is 0 Å². The molecule has 0 saturated heterocycles. The Bertz CT molecular complexity index is 640. The van der Waals surface area contributed by atoms with Gasteiger partial charge in [0.15, 0.2) is 0 Å². The largest absolute Gasteiger partial charge is 0.382 e. The summed E-state index contributed by atoms with van der Waals surface area (Å²) in [5, 5.41) is 3.39. The summed E-state index contributed by atoms with van der Waals surface area (Å²) >= 11 is 0. The fraction of sp³-hybridized carbons (Fsp3) is 0.353. The molecule has 5 nitrogen and oxygen atoms in total. The second kappa shape index (κ2) is 6.56. The quantitative estimate of drug-likeness (QED) is 0.889. The van der Waals surface area contributed by atoms with Crippen LogP contribution in [0.4, 0.5) is 5.69 Å². The fourth-order valence-electron chi connectivity index (χ4n) is 2.24. The van der Waals surface area contributed by atoms with Gasteiger partial charge in [-0.25, -0.2) is 0 Å². The Morgan fingerprint density at radius 2 is 2.05 bits per heavy atom. The lowest BCUT2D eigenvalue weighted by Crippen LogP contribution is -2.29. The molecule has 0 aromatic carbocycles. The van der Waals surface area contributed by atoms with Crippen LogP contribution >= 0.6 is 0 Å². The Morgan fingerprint density at radius 3 is 2.77 bits per heavy atom. The molecular formula is C17H20N4O. The summed E-state index contributed by atoms with van der Waals surface area (Å²) in [6.45, 7) is 0.658. The number of amides is 1. The monoisotopic (exact) mass is 296 g/mol. The van der Waals surface area contributed by atoms with E-state index in [2.05, 4.69) is 15.3 Å². The van der Waals surface area contributed by atoms with Gasteiger partial charge in [-0.05, 0) is 49.1 Å². The molecule has 22 heavy (non-hydrogen) atoms. The zero-order valence-corrected chi connectivity index (χ0v) is 12.7. The maximum Gasteiger partial charge on any atom is 0.272 e. The minimum Gasteiger partial charge on any atom is -0.382 e. The molecule has 2 heterocycles. The highest BCUT2D eigenvalue weighted by molar-refractivity contribution is 5.93. The summed E-state index contributed by atoms with van der Waals surface area (Å²) < 4.78 is 0. The van der Waals surface area contributed by atoms with Crippen molar-refractivity contribution in [3.8, 4) is 0 Å². The van der Waals surface area contributed by atoms with Crippen LogP contribution in [-0.4, -0.2) is 40.4 Å². The van der Waals surface area contributed by atoms with Gasteiger partial charge in [0.25, 0.3) is 5.91 Å². The third kappa shape index (κ3) is 3.81. The van der Waals surface area contributed by atoms with Gasteiger partial charge in [-0.1, -0.05) is 0 Å². The van der Waals surface area contributed by atoms with Crippen LogP contribution in [0.3, 0.4) is 0 Å². The number of nitrogens with zero attached hydrogens (tertiary/aromatic N) is 3. The van der Waals surface area contributed by atoms with E-state index in [0.717, 1.165) is 12.1 Å². The van der Waals surface area contributed by atoms with Crippen molar-refractivity contribution in [3.63, 3.8) is 0 Å². The number of rotatable bonds is 6. The van der Waals surface area contributed by atoms with E-state index in [1.165, 1.54) is 18.4 Å². The van der Waals surface area contributed by atoms with Crippen molar-refractivity contribution >= 4 is 11.6 Å². The summed E-state index contributed by atoms with van der Waals surface area (Å²) in [4.78, 5) is 22.4. The molecule has 0 aliphatic heterocycles. The number of carbonyl (C=O) groups is 1. The number of anilines is 1. The number of hydrogen-bond acceptors (Lipinski definition) is 4. The van der Waals surface area contributed by atoms with E-state index < -0.39 is 0 Å². The van der Waals surface area contributed by atoms with Gasteiger partial charge in [-0.3, -0.25) is 14.8 Å². The highest BCUT2D eigenvalue weighted by Crippen LogP contribution is 2.24. The Kier molecular flexibility index (Phi) is 4.32. The van der Waals surface area contributed by atoms with Crippen LogP contribution in [0.1, 0.15) is 28.9 Å².